The molecule has 0 atom stereocenters. The second-order valence-electron chi connectivity index (χ2n) is 13.1. The molecule has 0 saturated carbocycles. The molecule has 10 aromatic rings. The van der Waals surface area contributed by atoms with Gasteiger partial charge in [0.2, 0.25) is 5.95 Å². The van der Waals surface area contributed by atoms with Gasteiger partial charge in [0.05, 0.1) is 44.2 Å². The van der Waals surface area contributed by atoms with Crippen molar-refractivity contribution in [2.45, 2.75) is 6.92 Å². The zero-order valence-electron chi connectivity index (χ0n) is 28.5. The quantitative estimate of drug-likeness (QED) is 0.166. The number of aromatic nitrogens is 4. The van der Waals surface area contributed by atoms with Gasteiger partial charge in [-0.2, -0.15) is 0 Å². The summed E-state index contributed by atoms with van der Waals surface area (Å²) >= 11 is 0. The van der Waals surface area contributed by atoms with Crippen LogP contribution < -0.4 is 0 Å². The molecular weight excluding hydrogens is 637 g/mol. The first-order valence-corrected chi connectivity index (χ1v) is 17.5. The Morgan fingerprint density at radius 2 is 1.10 bits per heavy atom. The lowest BCUT2D eigenvalue weighted by atomic mass is 10.1. The molecule has 0 radical (unpaired) electrons. The van der Waals surface area contributed by atoms with Gasteiger partial charge in [0.1, 0.15) is 11.2 Å². The minimum Gasteiger partial charge on any atom is -0.455 e. The van der Waals surface area contributed by atoms with Crippen LogP contribution in [0.4, 0.5) is 0 Å². The molecule has 0 aliphatic carbocycles. The van der Waals surface area contributed by atoms with E-state index in [1.807, 2.05) is 48.6 Å². The first-order chi connectivity index (χ1) is 25.7. The first-order valence-electron chi connectivity index (χ1n) is 17.5. The molecule has 5 nitrogen and oxygen atoms in total. The Kier molecular flexibility index (Phi) is 6.80. The number of benzene rings is 6. The fraction of sp³-hybridized carbons (Fsp3) is 0.0213. The van der Waals surface area contributed by atoms with E-state index in [-0.39, 0.29) is 0 Å². The molecule has 246 valence electrons. The summed E-state index contributed by atoms with van der Waals surface area (Å²) in [5, 5.41) is 6.56. The topological polar surface area (TPSA) is 48.8 Å². The van der Waals surface area contributed by atoms with Gasteiger partial charge >= 0.3 is 0 Å². The van der Waals surface area contributed by atoms with E-state index in [1.165, 1.54) is 0 Å². The molecular formula is C47H32N4O. The Bertz CT molecular complexity index is 3030. The molecule has 0 N–H and O–H groups in total. The van der Waals surface area contributed by atoms with Gasteiger partial charge < -0.3 is 8.98 Å². The minimum absolute atomic E-state index is 0.611. The molecule has 52 heavy (non-hydrogen) atoms. The highest BCUT2D eigenvalue weighted by Crippen LogP contribution is 2.44. The number of hydrogen-bond donors (Lipinski definition) is 0. The predicted octanol–water partition coefficient (Wildman–Crippen LogP) is 12.5. The summed E-state index contributed by atoms with van der Waals surface area (Å²) in [7, 11) is 0. The normalized spacial score (nSPS) is 12.4. The number of fused-ring (bicyclic) bond motifs is 11. The maximum absolute atomic E-state index is 7.11. The highest BCUT2D eigenvalue weighted by molar-refractivity contribution is 6.29. The monoisotopic (exact) mass is 668 g/mol. The SMILES string of the molecule is C=C/C=C\C=C(/C)n1c2ccccc2c2c3oc4c(ccc5c4c4ccccc4n5-c4nc(-c5ccccc5)cc(-c5ccccc5)n4)c3ccc21. The molecule has 0 aliphatic rings. The van der Waals surface area contributed by atoms with E-state index >= 15 is 0 Å². The molecule has 0 fully saturated rings. The molecule has 10 rings (SSSR count). The third-order valence-electron chi connectivity index (χ3n) is 10.1. The lowest BCUT2D eigenvalue weighted by Gasteiger charge is -2.11. The molecule has 0 aliphatic heterocycles. The summed E-state index contributed by atoms with van der Waals surface area (Å²) < 4.78 is 11.6. The van der Waals surface area contributed by atoms with Crippen molar-refractivity contribution in [2.24, 2.45) is 0 Å². The van der Waals surface area contributed by atoms with Crippen molar-refractivity contribution in [1.82, 2.24) is 19.1 Å². The van der Waals surface area contributed by atoms with Crippen LogP contribution in [0.15, 0.2) is 175 Å². The van der Waals surface area contributed by atoms with Crippen molar-refractivity contribution < 1.29 is 4.42 Å². The van der Waals surface area contributed by atoms with Crippen LogP contribution in [0.3, 0.4) is 0 Å². The van der Waals surface area contributed by atoms with E-state index < -0.39 is 0 Å². The Labute approximate surface area is 299 Å². The number of allylic oxidation sites excluding steroid dienone is 5. The van der Waals surface area contributed by atoms with Crippen LogP contribution in [0, 0.1) is 0 Å². The molecule has 4 aromatic heterocycles. The zero-order chi connectivity index (χ0) is 34.8. The van der Waals surface area contributed by atoms with E-state index in [1.54, 1.807) is 6.08 Å². The maximum Gasteiger partial charge on any atom is 0.235 e. The van der Waals surface area contributed by atoms with Gasteiger partial charge in [-0.15, -0.1) is 0 Å². The van der Waals surface area contributed by atoms with Crippen LogP contribution in [0.5, 0.6) is 0 Å². The van der Waals surface area contributed by atoms with Crippen molar-refractivity contribution in [3.8, 4) is 28.5 Å². The molecule has 0 amide bonds. The van der Waals surface area contributed by atoms with Crippen LogP contribution >= 0.6 is 0 Å². The summed E-state index contributed by atoms with van der Waals surface area (Å²) in [6.07, 6.45) is 7.88. The van der Waals surface area contributed by atoms with Crippen molar-refractivity contribution in [2.75, 3.05) is 0 Å². The van der Waals surface area contributed by atoms with E-state index in [0.717, 1.165) is 93.8 Å². The first kappa shape index (κ1) is 29.9. The summed E-state index contributed by atoms with van der Waals surface area (Å²) in [6.45, 7) is 5.96. The van der Waals surface area contributed by atoms with Crippen LogP contribution in [0.1, 0.15) is 6.92 Å². The predicted molar refractivity (Wildman–Crippen MR) is 217 cm³/mol. The number of rotatable bonds is 6. The van der Waals surface area contributed by atoms with Crippen LogP contribution in [0.2, 0.25) is 0 Å². The van der Waals surface area contributed by atoms with Gasteiger partial charge in [0.15, 0.2) is 0 Å². The van der Waals surface area contributed by atoms with Crippen molar-refractivity contribution in [3.05, 3.63) is 170 Å². The Morgan fingerprint density at radius 1 is 0.558 bits per heavy atom. The van der Waals surface area contributed by atoms with Gasteiger partial charge in [-0.05, 0) is 55.5 Å². The molecule has 4 heterocycles. The summed E-state index contributed by atoms with van der Waals surface area (Å²) in [4.78, 5) is 10.4. The van der Waals surface area contributed by atoms with Crippen LogP contribution in [-0.2, 0) is 0 Å². The number of para-hydroxylation sites is 2. The lowest BCUT2D eigenvalue weighted by Crippen LogP contribution is -2.03. The van der Waals surface area contributed by atoms with Gasteiger partial charge in [-0.1, -0.05) is 122 Å². The second kappa shape index (κ2) is 11.8. The van der Waals surface area contributed by atoms with Gasteiger partial charge in [0, 0.05) is 38.4 Å². The second-order valence-corrected chi connectivity index (χ2v) is 13.1. The Hall–Kier alpha value is -6.98. The van der Waals surface area contributed by atoms with E-state index in [4.69, 9.17) is 14.4 Å². The molecule has 0 saturated heterocycles. The number of hydrogen-bond acceptors (Lipinski definition) is 3. The largest absolute Gasteiger partial charge is 0.455 e. The van der Waals surface area contributed by atoms with Crippen LogP contribution in [0.25, 0.3) is 99.7 Å². The van der Waals surface area contributed by atoms with Gasteiger partial charge in [-0.3, -0.25) is 4.57 Å². The maximum atomic E-state index is 7.11. The highest BCUT2D eigenvalue weighted by atomic mass is 16.3. The third-order valence-corrected chi connectivity index (χ3v) is 10.1. The Balaban J connectivity index is 1.28. The van der Waals surface area contributed by atoms with Gasteiger partial charge in [-0.25, -0.2) is 9.97 Å². The van der Waals surface area contributed by atoms with E-state index in [9.17, 15) is 0 Å². The molecule has 5 heteroatoms. The molecule has 0 unspecified atom stereocenters. The lowest BCUT2D eigenvalue weighted by molar-refractivity contribution is 0.677. The summed E-state index contributed by atoms with van der Waals surface area (Å²) in [5.74, 6) is 0.611. The smallest absolute Gasteiger partial charge is 0.235 e. The molecule has 6 aromatic carbocycles. The van der Waals surface area contributed by atoms with E-state index in [0.29, 0.717) is 5.95 Å². The molecule has 0 bridgehead atoms. The number of furan rings is 1. The zero-order valence-corrected chi connectivity index (χ0v) is 28.5. The highest BCUT2D eigenvalue weighted by Gasteiger charge is 2.23. The van der Waals surface area contributed by atoms with Crippen molar-refractivity contribution in [1.29, 1.82) is 0 Å². The molecule has 0 spiro atoms. The average molecular weight is 669 g/mol. The fourth-order valence-corrected chi connectivity index (χ4v) is 7.79. The summed E-state index contributed by atoms with van der Waals surface area (Å²) in [5.41, 5.74) is 10.9. The van der Waals surface area contributed by atoms with Crippen molar-refractivity contribution >= 4 is 71.2 Å². The van der Waals surface area contributed by atoms with E-state index in [2.05, 4.69) is 132 Å². The fourth-order valence-electron chi connectivity index (χ4n) is 7.79. The standard InChI is InChI=1S/C47H32N4O/c1-3-4-7-16-30(2)50-39-23-14-12-21-35(39)43-41(50)27-25-33-34-26-28-42-44(46(34)52-45(33)43)36-22-13-15-24-40(36)51(42)47-48-37(31-17-8-5-9-18-31)29-38(49-47)32-19-10-6-11-20-32/h3-29H,1H2,2H3/b7-4-,30-16+. The Morgan fingerprint density at radius 3 is 1.73 bits per heavy atom. The van der Waals surface area contributed by atoms with Crippen LogP contribution in [-0.4, -0.2) is 19.1 Å². The summed E-state index contributed by atoms with van der Waals surface area (Å²) in [6, 6.07) is 48.6. The third kappa shape index (κ3) is 4.49. The van der Waals surface area contributed by atoms with Gasteiger partial charge in [0.25, 0.3) is 0 Å². The number of nitrogens with zero attached hydrogens (tertiary/aromatic N) is 4. The average Bonchev–Trinajstić information content (AvgIpc) is 3.86. The minimum atomic E-state index is 0.611. The van der Waals surface area contributed by atoms with Crippen molar-refractivity contribution in [3.63, 3.8) is 0 Å².